The highest BCUT2D eigenvalue weighted by molar-refractivity contribution is 5.86. The molecule has 2 aliphatic rings. The second-order valence-corrected chi connectivity index (χ2v) is 5.09. The molecular weight excluding hydrogens is 238 g/mol. The summed E-state index contributed by atoms with van der Waals surface area (Å²) in [5.74, 6) is 0. The summed E-state index contributed by atoms with van der Waals surface area (Å²) in [6, 6.07) is 3.85. The Morgan fingerprint density at radius 2 is 2.37 bits per heavy atom. The van der Waals surface area contributed by atoms with Gasteiger partial charge in [0.2, 0.25) is 0 Å². The van der Waals surface area contributed by atoms with Crippen molar-refractivity contribution in [1.82, 2.24) is 9.88 Å². The molecule has 1 aromatic rings. The van der Waals surface area contributed by atoms with Crippen LogP contribution in [0.5, 0.6) is 0 Å². The van der Waals surface area contributed by atoms with Gasteiger partial charge >= 0.3 is 6.03 Å². The van der Waals surface area contributed by atoms with Gasteiger partial charge in [-0.1, -0.05) is 12.6 Å². The number of carbonyl (C=O) groups excluding carboxylic acids is 1. The van der Waals surface area contributed by atoms with Crippen LogP contribution in [0.1, 0.15) is 31.2 Å². The average Bonchev–Trinajstić information content (AvgIpc) is 2.46. The second kappa shape index (κ2) is 4.85. The van der Waals surface area contributed by atoms with Gasteiger partial charge in [-0.3, -0.25) is 14.7 Å². The third-order valence-corrected chi connectivity index (χ3v) is 3.99. The van der Waals surface area contributed by atoms with Crippen molar-refractivity contribution in [1.29, 1.82) is 0 Å². The monoisotopic (exact) mass is 253 g/mol. The van der Waals surface area contributed by atoms with E-state index in [-0.39, 0.29) is 12.1 Å². The molecule has 0 radical (unpaired) electrons. The van der Waals surface area contributed by atoms with E-state index in [9.17, 15) is 4.79 Å². The fraction of sp³-hybridized carbons (Fsp3) is 0.400. The van der Waals surface area contributed by atoms with Gasteiger partial charge in [0.25, 0.3) is 0 Å². The molecular formula is C15H15N3O. The largest absolute Gasteiger partial charge is 0.438 e. The summed E-state index contributed by atoms with van der Waals surface area (Å²) in [5.41, 5.74) is 2.39. The Balaban J connectivity index is 1.94. The fourth-order valence-corrected chi connectivity index (χ4v) is 3.15. The minimum Gasteiger partial charge on any atom is -0.329 e. The van der Waals surface area contributed by atoms with Gasteiger partial charge in [-0.05, 0) is 42.5 Å². The Bertz CT molecular complexity index is 559. The lowest BCUT2D eigenvalue weighted by molar-refractivity contribution is 0.136. The van der Waals surface area contributed by atoms with Gasteiger partial charge in [0.15, 0.2) is 0 Å². The van der Waals surface area contributed by atoms with Crippen molar-refractivity contribution in [3.8, 4) is 0 Å². The van der Waals surface area contributed by atoms with Gasteiger partial charge in [-0.25, -0.2) is 0 Å². The van der Waals surface area contributed by atoms with Crippen molar-refractivity contribution < 1.29 is 4.79 Å². The summed E-state index contributed by atoms with van der Waals surface area (Å²) in [7, 11) is 0. The quantitative estimate of drug-likeness (QED) is 0.721. The van der Waals surface area contributed by atoms with E-state index in [2.05, 4.69) is 22.0 Å². The number of fused-ring (bicyclic) bond motifs is 2. The summed E-state index contributed by atoms with van der Waals surface area (Å²) >= 11 is 0. The van der Waals surface area contributed by atoms with Crippen LogP contribution in [0, 0.1) is 6.57 Å². The van der Waals surface area contributed by atoms with E-state index in [1.807, 2.05) is 12.3 Å². The molecule has 1 aromatic heterocycles. The third-order valence-electron chi connectivity index (χ3n) is 3.99. The van der Waals surface area contributed by atoms with Crippen LogP contribution >= 0.6 is 0 Å². The lowest BCUT2D eigenvalue weighted by Gasteiger charge is -2.40. The van der Waals surface area contributed by atoms with E-state index in [4.69, 9.17) is 6.57 Å². The summed E-state index contributed by atoms with van der Waals surface area (Å²) < 4.78 is 0. The SMILES string of the molecule is [C-]#[N+]C(=O)N1C2C=C(c3cccnc3)CC1CCC2. The maximum atomic E-state index is 11.8. The number of hydrogen-bond donors (Lipinski definition) is 0. The topological polar surface area (TPSA) is 37.6 Å². The van der Waals surface area contributed by atoms with Crippen LogP contribution in [0.25, 0.3) is 10.4 Å². The Labute approximate surface area is 112 Å². The van der Waals surface area contributed by atoms with Crippen LogP contribution in [0.15, 0.2) is 30.6 Å². The molecule has 0 aromatic carbocycles. The van der Waals surface area contributed by atoms with Gasteiger partial charge in [0, 0.05) is 18.8 Å². The van der Waals surface area contributed by atoms with E-state index in [0.717, 1.165) is 31.2 Å². The molecule has 2 unspecified atom stereocenters. The predicted octanol–water partition coefficient (Wildman–Crippen LogP) is 3.13. The van der Waals surface area contributed by atoms with E-state index in [0.29, 0.717) is 0 Å². The summed E-state index contributed by atoms with van der Waals surface area (Å²) in [6.07, 6.45) is 9.71. The summed E-state index contributed by atoms with van der Waals surface area (Å²) in [5, 5.41) is 0. The Kier molecular flexibility index (Phi) is 3.04. The van der Waals surface area contributed by atoms with E-state index >= 15 is 0 Å². The minimum atomic E-state index is -0.406. The third kappa shape index (κ3) is 2.12. The van der Waals surface area contributed by atoms with Crippen LogP contribution in [0.2, 0.25) is 0 Å². The minimum absolute atomic E-state index is 0.0873. The van der Waals surface area contributed by atoms with Crippen molar-refractivity contribution in [3.05, 3.63) is 47.6 Å². The first kappa shape index (κ1) is 11.9. The Morgan fingerprint density at radius 3 is 3.05 bits per heavy atom. The van der Waals surface area contributed by atoms with Gasteiger partial charge < -0.3 is 4.85 Å². The van der Waals surface area contributed by atoms with Crippen molar-refractivity contribution in [2.45, 2.75) is 37.8 Å². The number of rotatable bonds is 1. The van der Waals surface area contributed by atoms with Crippen molar-refractivity contribution in [2.75, 3.05) is 0 Å². The molecule has 1 saturated heterocycles. The standard InChI is InChI=1S/C15H15N3O/c1-16-15(19)18-13-5-2-6-14(18)9-12(8-13)11-4-3-7-17-10-11/h3-4,7-8,10,13-14H,2,5-6,9H2. The Hall–Kier alpha value is -2.15. The zero-order valence-electron chi connectivity index (χ0n) is 10.6. The number of carbonyl (C=O) groups is 1. The molecule has 1 fully saturated rings. The summed E-state index contributed by atoms with van der Waals surface area (Å²) in [6.45, 7) is 6.94. The molecule has 0 spiro atoms. The lowest BCUT2D eigenvalue weighted by Crippen LogP contribution is -2.50. The zero-order valence-corrected chi connectivity index (χ0v) is 10.6. The molecule has 2 bridgehead atoms. The molecule has 0 N–H and O–H groups in total. The number of urea groups is 1. The lowest BCUT2D eigenvalue weighted by atomic mass is 9.83. The highest BCUT2D eigenvalue weighted by atomic mass is 16.2. The molecule has 2 aliphatic heterocycles. The smallest absolute Gasteiger partial charge is 0.329 e. The number of hydrogen-bond acceptors (Lipinski definition) is 2. The summed E-state index contributed by atoms with van der Waals surface area (Å²) in [4.78, 5) is 20.8. The Morgan fingerprint density at radius 1 is 1.47 bits per heavy atom. The second-order valence-electron chi connectivity index (χ2n) is 5.09. The number of piperidine rings is 1. The fourth-order valence-electron chi connectivity index (χ4n) is 3.15. The van der Waals surface area contributed by atoms with Crippen molar-refractivity contribution in [2.24, 2.45) is 0 Å². The van der Waals surface area contributed by atoms with Crippen LogP contribution in [-0.4, -0.2) is 28.0 Å². The van der Waals surface area contributed by atoms with Crippen LogP contribution in [0.4, 0.5) is 4.79 Å². The average molecular weight is 253 g/mol. The van der Waals surface area contributed by atoms with Crippen molar-refractivity contribution >= 4 is 11.6 Å². The molecule has 3 rings (SSSR count). The molecule has 0 saturated carbocycles. The maximum absolute atomic E-state index is 11.8. The van der Waals surface area contributed by atoms with E-state index < -0.39 is 6.03 Å². The number of pyridine rings is 1. The van der Waals surface area contributed by atoms with Crippen LogP contribution < -0.4 is 0 Å². The molecule has 19 heavy (non-hydrogen) atoms. The van der Waals surface area contributed by atoms with Crippen LogP contribution in [-0.2, 0) is 0 Å². The highest BCUT2D eigenvalue weighted by Gasteiger charge is 2.40. The molecule has 4 nitrogen and oxygen atoms in total. The normalized spacial score (nSPS) is 25.4. The highest BCUT2D eigenvalue weighted by Crippen LogP contribution is 2.37. The van der Waals surface area contributed by atoms with E-state index in [1.165, 1.54) is 5.57 Å². The first-order chi connectivity index (χ1) is 9.29. The predicted molar refractivity (Wildman–Crippen MR) is 72.1 cm³/mol. The van der Waals surface area contributed by atoms with Gasteiger partial charge in [0.05, 0.1) is 6.04 Å². The maximum Gasteiger partial charge on any atom is 0.438 e. The molecule has 4 heteroatoms. The van der Waals surface area contributed by atoms with Gasteiger partial charge in [-0.2, -0.15) is 0 Å². The zero-order chi connectivity index (χ0) is 13.2. The van der Waals surface area contributed by atoms with Crippen molar-refractivity contribution in [3.63, 3.8) is 0 Å². The van der Waals surface area contributed by atoms with Gasteiger partial charge in [0.1, 0.15) is 6.04 Å². The first-order valence-corrected chi connectivity index (χ1v) is 6.60. The number of amides is 2. The molecule has 3 heterocycles. The number of nitrogens with zero attached hydrogens (tertiary/aromatic N) is 3. The number of aromatic nitrogens is 1. The molecule has 96 valence electrons. The van der Waals surface area contributed by atoms with Gasteiger partial charge in [-0.15, -0.1) is 0 Å². The first-order valence-electron chi connectivity index (χ1n) is 6.60. The van der Waals surface area contributed by atoms with E-state index in [1.54, 1.807) is 11.1 Å². The molecule has 2 amide bonds. The van der Waals surface area contributed by atoms with Crippen LogP contribution in [0.3, 0.4) is 0 Å². The molecule has 0 aliphatic carbocycles. The molecule has 2 atom stereocenters.